The lowest BCUT2D eigenvalue weighted by Crippen LogP contribution is -2.19. The quantitative estimate of drug-likeness (QED) is 0.537. The molecule has 0 unspecified atom stereocenters. The average Bonchev–Trinajstić information content (AvgIpc) is 2.99. The maximum Gasteiger partial charge on any atom is 0.341 e. The number of aromatic nitrogens is 2. The second kappa shape index (κ2) is 8.68. The van der Waals surface area contributed by atoms with Gasteiger partial charge in [0.05, 0.1) is 12.8 Å². The van der Waals surface area contributed by atoms with Crippen molar-refractivity contribution in [2.24, 2.45) is 0 Å². The first kappa shape index (κ1) is 19.0. The van der Waals surface area contributed by atoms with Crippen LogP contribution in [0.3, 0.4) is 0 Å². The first-order valence-electron chi connectivity index (χ1n) is 7.97. The van der Waals surface area contributed by atoms with Crippen molar-refractivity contribution in [1.82, 2.24) is 9.78 Å². The van der Waals surface area contributed by atoms with Gasteiger partial charge in [0, 0.05) is 19.3 Å². The molecule has 0 spiro atoms. The molecule has 1 aromatic carbocycles. The number of halogens is 2. The van der Waals surface area contributed by atoms with E-state index >= 15 is 0 Å². The zero-order valence-corrected chi connectivity index (χ0v) is 14.3. The van der Waals surface area contributed by atoms with Crippen molar-refractivity contribution in [3.05, 3.63) is 47.3 Å². The van der Waals surface area contributed by atoms with Gasteiger partial charge in [-0.25, -0.2) is 18.3 Å². The van der Waals surface area contributed by atoms with Crippen LogP contribution in [-0.4, -0.2) is 35.6 Å². The topological polar surface area (TPSA) is 62.6 Å². The molecule has 1 aromatic heterocycles. The van der Waals surface area contributed by atoms with E-state index in [0.29, 0.717) is 13.2 Å². The van der Waals surface area contributed by atoms with E-state index in [1.165, 1.54) is 12.3 Å². The number of benzene rings is 1. The molecule has 25 heavy (non-hydrogen) atoms. The van der Waals surface area contributed by atoms with E-state index in [2.05, 4.69) is 5.10 Å². The first-order chi connectivity index (χ1) is 12.0. The predicted molar refractivity (Wildman–Crippen MR) is 85.4 cm³/mol. The van der Waals surface area contributed by atoms with E-state index in [1.54, 1.807) is 20.8 Å². The Balaban J connectivity index is 2.61. The number of carbonyl (C=O) groups excluding carboxylic acids is 1. The molecule has 0 aliphatic carbocycles. The molecular formula is C17H20F2N2O4. The summed E-state index contributed by atoms with van der Waals surface area (Å²) in [5, 5.41) is 4.06. The summed E-state index contributed by atoms with van der Waals surface area (Å²) in [7, 11) is 0. The zero-order valence-electron chi connectivity index (χ0n) is 14.3. The Morgan fingerprint density at radius 3 is 2.40 bits per heavy atom. The van der Waals surface area contributed by atoms with Gasteiger partial charge in [0.2, 0.25) is 6.29 Å². The Kier molecular flexibility index (Phi) is 6.60. The minimum Gasteiger partial charge on any atom is -0.462 e. The third-order valence-corrected chi connectivity index (χ3v) is 3.30. The maximum atomic E-state index is 14.2. The molecule has 6 nitrogen and oxygen atoms in total. The summed E-state index contributed by atoms with van der Waals surface area (Å²) in [6, 6.07) is 3.07. The Bertz CT molecular complexity index is 727. The average molecular weight is 354 g/mol. The lowest BCUT2D eigenvalue weighted by molar-refractivity contribution is -0.144. The van der Waals surface area contributed by atoms with Gasteiger partial charge in [-0.15, -0.1) is 0 Å². The fraction of sp³-hybridized carbons (Fsp3) is 0.412. The largest absolute Gasteiger partial charge is 0.462 e. The third kappa shape index (κ3) is 4.21. The van der Waals surface area contributed by atoms with Gasteiger partial charge in [-0.2, -0.15) is 5.10 Å². The fourth-order valence-corrected chi connectivity index (χ4v) is 2.30. The molecule has 8 heteroatoms. The molecule has 0 fully saturated rings. The summed E-state index contributed by atoms with van der Waals surface area (Å²) < 4.78 is 44.7. The minimum atomic E-state index is -0.957. The van der Waals surface area contributed by atoms with Gasteiger partial charge in [-0.3, -0.25) is 0 Å². The summed E-state index contributed by atoms with van der Waals surface area (Å²) in [5.41, 5.74) is 0.251. The molecule has 0 atom stereocenters. The van der Waals surface area contributed by atoms with Crippen LogP contribution < -0.4 is 0 Å². The van der Waals surface area contributed by atoms with Gasteiger partial charge in [-0.1, -0.05) is 0 Å². The lowest BCUT2D eigenvalue weighted by atomic mass is 10.2. The number of ether oxygens (including phenoxy) is 3. The number of esters is 1. The van der Waals surface area contributed by atoms with Crippen LogP contribution in [0.5, 0.6) is 0 Å². The minimum absolute atomic E-state index is 0.0312. The molecule has 2 aromatic rings. The number of hydrogen-bond donors (Lipinski definition) is 0. The highest BCUT2D eigenvalue weighted by Gasteiger charge is 2.28. The fourth-order valence-electron chi connectivity index (χ4n) is 2.30. The number of rotatable bonds is 8. The van der Waals surface area contributed by atoms with Crippen LogP contribution in [0.4, 0.5) is 8.78 Å². The highest BCUT2D eigenvalue weighted by atomic mass is 19.1. The van der Waals surface area contributed by atoms with Crippen LogP contribution in [-0.2, 0) is 14.2 Å². The second-order valence-corrected chi connectivity index (χ2v) is 4.91. The van der Waals surface area contributed by atoms with Crippen molar-refractivity contribution in [3.8, 4) is 5.69 Å². The number of nitrogens with zero attached hydrogens (tertiary/aromatic N) is 2. The van der Waals surface area contributed by atoms with Crippen LogP contribution in [0.25, 0.3) is 5.69 Å². The van der Waals surface area contributed by atoms with E-state index < -0.39 is 23.9 Å². The van der Waals surface area contributed by atoms with Gasteiger partial charge < -0.3 is 14.2 Å². The summed E-state index contributed by atoms with van der Waals surface area (Å²) >= 11 is 0. The standard InChI is InChI=1S/C17H20F2N2O4/c1-4-23-16(22)12-10-20-21(14-8-7-11(18)9-13(14)19)15(12)17(24-5-2)25-6-3/h7-10,17H,4-6H2,1-3H3. The van der Waals surface area contributed by atoms with Crippen molar-refractivity contribution in [2.45, 2.75) is 27.1 Å². The van der Waals surface area contributed by atoms with Crippen LogP contribution in [0.15, 0.2) is 24.4 Å². The highest BCUT2D eigenvalue weighted by Crippen LogP contribution is 2.27. The second-order valence-electron chi connectivity index (χ2n) is 4.91. The molecule has 0 N–H and O–H groups in total. The molecule has 0 aliphatic rings. The van der Waals surface area contributed by atoms with Crippen molar-refractivity contribution >= 4 is 5.97 Å². The molecule has 0 saturated heterocycles. The van der Waals surface area contributed by atoms with E-state index in [9.17, 15) is 13.6 Å². The van der Waals surface area contributed by atoms with Crippen molar-refractivity contribution in [2.75, 3.05) is 19.8 Å². The Morgan fingerprint density at radius 1 is 1.16 bits per heavy atom. The van der Waals surface area contributed by atoms with E-state index in [0.717, 1.165) is 16.8 Å². The van der Waals surface area contributed by atoms with Gasteiger partial charge in [0.25, 0.3) is 0 Å². The number of carbonyl (C=O) groups is 1. The first-order valence-corrected chi connectivity index (χ1v) is 7.97. The normalized spacial score (nSPS) is 11.1. The van der Waals surface area contributed by atoms with Crippen molar-refractivity contribution in [1.29, 1.82) is 0 Å². The maximum absolute atomic E-state index is 14.2. The Hall–Kier alpha value is -2.32. The highest BCUT2D eigenvalue weighted by molar-refractivity contribution is 5.90. The summed E-state index contributed by atoms with van der Waals surface area (Å²) in [6.45, 7) is 5.95. The molecule has 2 rings (SSSR count). The van der Waals surface area contributed by atoms with Crippen molar-refractivity contribution < 1.29 is 27.8 Å². The monoisotopic (exact) mass is 354 g/mol. The Morgan fingerprint density at radius 2 is 1.84 bits per heavy atom. The Labute approximate surface area is 144 Å². The van der Waals surface area contributed by atoms with E-state index in [-0.39, 0.29) is 23.6 Å². The molecular weight excluding hydrogens is 334 g/mol. The van der Waals surface area contributed by atoms with Gasteiger partial charge in [0.15, 0.2) is 5.82 Å². The van der Waals surface area contributed by atoms with Gasteiger partial charge in [0.1, 0.15) is 22.8 Å². The lowest BCUT2D eigenvalue weighted by Gasteiger charge is -2.20. The summed E-state index contributed by atoms with van der Waals surface area (Å²) in [6.07, 6.45) is 0.294. The molecule has 0 aliphatic heterocycles. The molecule has 0 bridgehead atoms. The van der Waals surface area contributed by atoms with Gasteiger partial charge in [-0.05, 0) is 32.9 Å². The molecule has 136 valence electrons. The zero-order chi connectivity index (χ0) is 18.4. The third-order valence-electron chi connectivity index (χ3n) is 3.30. The van der Waals surface area contributed by atoms with Gasteiger partial charge >= 0.3 is 5.97 Å². The van der Waals surface area contributed by atoms with Crippen LogP contribution in [0.1, 0.15) is 43.1 Å². The van der Waals surface area contributed by atoms with Crippen LogP contribution in [0.2, 0.25) is 0 Å². The van der Waals surface area contributed by atoms with E-state index in [4.69, 9.17) is 14.2 Å². The SMILES string of the molecule is CCOC(=O)c1cnn(-c2ccc(F)cc2F)c1C(OCC)OCC. The molecule has 0 radical (unpaired) electrons. The molecule has 0 saturated carbocycles. The number of hydrogen-bond acceptors (Lipinski definition) is 5. The molecule has 0 amide bonds. The van der Waals surface area contributed by atoms with E-state index in [1.807, 2.05) is 0 Å². The molecule has 1 heterocycles. The van der Waals surface area contributed by atoms with Crippen LogP contribution in [0, 0.1) is 11.6 Å². The smallest absolute Gasteiger partial charge is 0.341 e. The summed E-state index contributed by atoms with van der Waals surface area (Å²) in [4.78, 5) is 12.2. The van der Waals surface area contributed by atoms with Crippen LogP contribution >= 0.6 is 0 Å². The summed E-state index contributed by atoms with van der Waals surface area (Å²) in [5.74, 6) is -2.17. The van der Waals surface area contributed by atoms with Crippen molar-refractivity contribution in [3.63, 3.8) is 0 Å². The predicted octanol–water partition coefficient (Wildman–Crippen LogP) is 3.40.